The monoisotopic (exact) mass is 499 g/mol. The molecular formula is C30H29NO6. The van der Waals surface area contributed by atoms with Gasteiger partial charge < -0.3 is 23.9 Å². The van der Waals surface area contributed by atoms with Crippen LogP contribution in [-0.4, -0.2) is 32.7 Å². The molecule has 190 valence electrons. The summed E-state index contributed by atoms with van der Waals surface area (Å²) >= 11 is 0. The molecule has 1 heterocycles. The largest absolute Gasteiger partial charge is 0.496 e. The number of carbonyl (C=O) groups is 2. The molecule has 37 heavy (non-hydrogen) atoms. The minimum atomic E-state index is -0.435. The SMILES string of the molecule is CCOc1ccc(-c2coc3c(C)c(OC)c(/C(C)=C/C(=O)Nc4ccc(C(=O)OC)cc4)cc23)cc1. The highest BCUT2D eigenvalue weighted by atomic mass is 16.5. The maximum absolute atomic E-state index is 12.8. The van der Waals surface area contributed by atoms with Crippen molar-refractivity contribution < 1.29 is 28.2 Å². The smallest absolute Gasteiger partial charge is 0.337 e. The van der Waals surface area contributed by atoms with E-state index in [2.05, 4.69) is 5.32 Å². The van der Waals surface area contributed by atoms with Gasteiger partial charge in [-0.2, -0.15) is 0 Å². The zero-order chi connectivity index (χ0) is 26.5. The zero-order valence-electron chi connectivity index (χ0n) is 21.5. The first-order valence-corrected chi connectivity index (χ1v) is 11.9. The number of carbonyl (C=O) groups excluding carboxylic acids is 2. The zero-order valence-corrected chi connectivity index (χ0v) is 21.5. The highest BCUT2D eigenvalue weighted by molar-refractivity contribution is 6.06. The van der Waals surface area contributed by atoms with Crippen molar-refractivity contribution in [2.75, 3.05) is 26.1 Å². The van der Waals surface area contributed by atoms with Crippen LogP contribution in [0.4, 0.5) is 5.69 Å². The van der Waals surface area contributed by atoms with E-state index in [0.717, 1.165) is 44.5 Å². The number of fused-ring (bicyclic) bond motifs is 1. The molecule has 0 bridgehead atoms. The third-order valence-corrected chi connectivity index (χ3v) is 6.07. The molecule has 1 amide bonds. The molecule has 0 aliphatic rings. The van der Waals surface area contributed by atoms with Gasteiger partial charge >= 0.3 is 5.97 Å². The van der Waals surface area contributed by atoms with Gasteiger partial charge in [-0.3, -0.25) is 4.79 Å². The Balaban J connectivity index is 1.66. The molecule has 0 aliphatic heterocycles. The van der Waals surface area contributed by atoms with Crippen molar-refractivity contribution in [1.29, 1.82) is 0 Å². The van der Waals surface area contributed by atoms with Crippen molar-refractivity contribution >= 4 is 34.1 Å². The maximum Gasteiger partial charge on any atom is 0.337 e. The minimum Gasteiger partial charge on any atom is -0.496 e. The van der Waals surface area contributed by atoms with E-state index < -0.39 is 5.97 Å². The fourth-order valence-corrected chi connectivity index (χ4v) is 4.25. The van der Waals surface area contributed by atoms with Crippen LogP contribution in [0.1, 0.15) is 35.3 Å². The number of amides is 1. The number of rotatable bonds is 8. The van der Waals surface area contributed by atoms with Crippen LogP contribution in [0.3, 0.4) is 0 Å². The molecule has 4 rings (SSSR count). The van der Waals surface area contributed by atoms with Gasteiger partial charge in [0.2, 0.25) is 5.91 Å². The van der Waals surface area contributed by atoms with Crippen LogP contribution in [-0.2, 0) is 9.53 Å². The Hall–Kier alpha value is -4.52. The maximum atomic E-state index is 12.8. The fraction of sp³-hybridized carbons (Fsp3) is 0.200. The van der Waals surface area contributed by atoms with Crippen molar-refractivity contribution in [2.45, 2.75) is 20.8 Å². The molecule has 0 saturated heterocycles. The Kier molecular flexibility index (Phi) is 7.63. The lowest BCUT2D eigenvalue weighted by atomic mass is 9.96. The molecule has 0 spiro atoms. The molecule has 7 heteroatoms. The van der Waals surface area contributed by atoms with E-state index in [1.54, 1.807) is 37.6 Å². The number of hydrogen-bond donors (Lipinski definition) is 1. The lowest BCUT2D eigenvalue weighted by molar-refractivity contribution is -0.111. The first-order chi connectivity index (χ1) is 17.9. The molecular weight excluding hydrogens is 470 g/mol. The topological polar surface area (TPSA) is 87.0 Å². The van der Waals surface area contributed by atoms with Crippen molar-refractivity contribution in [3.63, 3.8) is 0 Å². The average molecular weight is 500 g/mol. The van der Waals surface area contributed by atoms with E-state index in [-0.39, 0.29) is 5.91 Å². The molecule has 4 aromatic rings. The van der Waals surface area contributed by atoms with Crippen LogP contribution < -0.4 is 14.8 Å². The molecule has 0 radical (unpaired) electrons. The number of nitrogens with one attached hydrogen (secondary N) is 1. The number of aryl methyl sites for hydroxylation is 1. The van der Waals surface area contributed by atoms with Gasteiger partial charge in [0.1, 0.15) is 17.1 Å². The molecule has 7 nitrogen and oxygen atoms in total. The van der Waals surface area contributed by atoms with E-state index in [0.29, 0.717) is 23.6 Å². The van der Waals surface area contributed by atoms with E-state index >= 15 is 0 Å². The summed E-state index contributed by atoms with van der Waals surface area (Å²) in [5.41, 5.74) is 5.99. The van der Waals surface area contributed by atoms with Gasteiger partial charge in [-0.05, 0) is 74.4 Å². The van der Waals surface area contributed by atoms with Gasteiger partial charge in [-0.15, -0.1) is 0 Å². The predicted octanol–water partition coefficient (Wildman–Crippen LogP) is 6.64. The summed E-state index contributed by atoms with van der Waals surface area (Å²) in [6.07, 6.45) is 3.26. The highest BCUT2D eigenvalue weighted by Crippen LogP contribution is 2.40. The van der Waals surface area contributed by atoms with Gasteiger partial charge in [-0.1, -0.05) is 12.1 Å². The molecule has 3 aromatic carbocycles. The van der Waals surface area contributed by atoms with E-state index in [9.17, 15) is 9.59 Å². The Labute approximate surface area is 215 Å². The van der Waals surface area contributed by atoms with Gasteiger partial charge in [0, 0.05) is 33.8 Å². The van der Waals surface area contributed by atoms with Gasteiger partial charge in [-0.25, -0.2) is 4.79 Å². The molecule has 0 fully saturated rings. The van der Waals surface area contributed by atoms with Crippen LogP contribution in [0.15, 0.2) is 71.4 Å². The Morgan fingerprint density at radius 2 is 1.73 bits per heavy atom. The second-order valence-corrected chi connectivity index (χ2v) is 8.45. The summed E-state index contributed by atoms with van der Waals surface area (Å²) in [6, 6.07) is 16.3. The fourth-order valence-electron chi connectivity index (χ4n) is 4.25. The van der Waals surface area contributed by atoms with Crippen LogP contribution in [0.2, 0.25) is 0 Å². The third-order valence-electron chi connectivity index (χ3n) is 6.07. The van der Waals surface area contributed by atoms with Crippen molar-refractivity contribution in [2.24, 2.45) is 0 Å². The summed E-state index contributed by atoms with van der Waals surface area (Å²) in [4.78, 5) is 24.4. The molecule has 0 aliphatic carbocycles. The second kappa shape index (κ2) is 11.0. The Morgan fingerprint density at radius 3 is 2.35 bits per heavy atom. The number of hydrogen-bond acceptors (Lipinski definition) is 6. The third kappa shape index (κ3) is 5.35. The summed E-state index contributed by atoms with van der Waals surface area (Å²) in [6.45, 7) is 6.35. The van der Waals surface area contributed by atoms with Gasteiger partial charge in [0.15, 0.2) is 0 Å². The first kappa shape index (κ1) is 25.6. The second-order valence-electron chi connectivity index (χ2n) is 8.45. The lowest BCUT2D eigenvalue weighted by Crippen LogP contribution is -2.09. The Bertz CT molecular complexity index is 1460. The summed E-state index contributed by atoms with van der Waals surface area (Å²) in [5.74, 6) is 0.712. The van der Waals surface area contributed by atoms with Crippen molar-refractivity contribution in [3.05, 3.63) is 83.6 Å². The number of esters is 1. The van der Waals surface area contributed by atoms with Crippen LogP contribution in [0.25, 0.3) is 27.7 Å². The van der Waals surface area contributed by atoms with Crippen molar-refractivity contribution in [1.82, 2.24) is 0 Å². The molecule has 0 unspecified atom stereocenters. The van der Waals surface area contributed by atoms with Crippen LogP contribution >= 0.6 is 0 Å². The predicted molar refractivity (Wildman–Crippen MR) is 144 cm³/mol. The number of ether oxygens (including phenoxy) is 3. The van der Waals surface area contributed by atoms with Crippen LogP contribution in [0.5, 0.6) is 11.5 Å². The van der Waals surface area contributed by atoms with E-state index in [1.807, 2.05) is 51.1 Å². The van der Waals surface area contributed by atoms with E-state index in [4.69, 9.17) is 18.6 Å². The Morgan fingerprint density at radius 1 is 1.03 bits per heavy atom. The van der Waals surface area contributed by atoms with Gasteiger partial charge in [0.05, 0.1) is 32.7 Å². The van der Waals surface area contributed by atoms with Gasteiger partial charge in [0.25, 0.3) is 0 Å². The normalized spacial score (nSPS) is 11.3. The van der Waals surface area contributed by atoms with Crippen molar-refractivity contribution in [3.8, 4) is 22.6 Å². The summed E-state index contributed by atoms with van der Waals surface area (Å²) in [5, 5.41) is 3.75. The lowest BCUT2D eigenvalue weighted by Gasteiger charge is -2.13. The summed E-state index contributed by atoms with van der Waals surface area (Å²) < 4.78 is 21.9. The number of allylic oxidation sites excluding steroid dienone is 1. The van der Waals surface area contributed by atoms with E-state index in [1.165, 1.54) is 13.2 Å². The first-order valence-electron chi connectivity index (χ1n) is 11.9. The molecule has 1 N–H and O–H groups in total. The molecule has 1 aromatic heterocycles. The number of benzene rings is 3. The number of anilines is 1. The number of methoxy groups -OCH3 is 2. The average Bonchev–Trinajstić information content (AvgIpc) is 3.33. The van der Waals surface area contributed by atoms with Crippen LogP contribution in [0, 0.1) is 6.92 Å². The highest BCUT2D eigenvalue weighted by Gasteiger charge is 2.19. The summed E-state index contributed by atoms with van der Waals surface area (Å²) in [7, 11) is 2.92. The standard InChI is InChI=1S/C30H29NO6/c1-6-36-23-13-9-20(10-14-23)26-17-37-29-19(3)28(34-4)24(16-25(26)29)18(2)15-27(32)31-22-11-7-21(8-12-22)30(33)35-5/h7-17H,6H2,1-5H3,(H,31,32)/b18-15+. The molecule has 0 atom stereocenters. The molecule has 0 saturated carbocycles. The quantitative estimate of drug-likeness (QED) is 0.216. The number of furan rings is 1. The minimum absolute atomic E-state index is 0.304.